The van der Waals surface area contributed by atoms with E-state index in [-0.39, 0.29) is 6.10 Å². The summed E-state index contributed by atoms with van der Waals surface area (Å²) in [5.41, 5.74) is 3.46. The summed E-state index contributed by atoms with van der Waals surface area (Å²) in [5, 5.41) is 12.2. The van der Waals surface area contributed by atoms with Gasteiger partial charge in [-0.25, -0.2) is 19.6 Å². The van der Waals surface area contributed by atoms with E-state index in [0.29, 0.717) is 42.1 Å². The van der Waals surface area contributed by atoms with E-state index in [1.54, 1.807) is 34.0 Å². The molecule has 5 heterocycles. The maximum absolute atomic E-state index is 6.34. The minimum absolute atomic E-state index is 0.0956. The maximum Gasteiger partial charge on any atom is 0.222 e. The molecular formula is C22H24N8O2. The Hall–Kier alpha value is -3.95. The largest absolute Gasteiger partial charge is 0.490 e. The van der Waals surface area contributed by atoms with Gasteiger partial charge in [-0.3, -0.25) is 4.68 Å². The molecule has 0 fully saturated rings. The van der Waals surface area contributed by atoms with E-state index in [2.05, 4.69) is 30.5 Å². The number of nitrogens with one attached hydrogen (secondary N) is 1. The molecule has 0 unspecified atom stereocenters. The number of ether oxygens (including phenoxy) is 2. The molecule has 4 bridgehead atoms. The number of aromatic nitrogens is 7. The minimum Gasteiger partial charge on any atom is -0.490 e. The number of aryl methyl sites for hydroxylation is 3. The first-order chi connectivity index (χ1) is 15.5. The Morgan fingerprint density at radius 1 is 1.12 bits per heavy atom. The van der Waals surface area contributed by atoms with Crippen LogP contribution in [0.25, 0.3) is 22.6 Å². The van der Waals surface area contributed by atoms with Crippen molar-refractivity contribution in [2.75, 3.05) is 11.9 Å². The fraction of sp³-hybridized carbons (Fsp3) is 0.318. The molecule has 5 rings (SSSR count). The van der Waals surface area contributed by atoms with E-state index >= 15 is 0 Å². The van der Waals surface area contributed by atoms with Crippen molar-refractivity contribution in [1.82, 2.24) is 34.5 Å². The van der Waals surface area contributed by atoms with Crippen LogP contribution in [0.1, 0.15) is 18.9 Å². The SMILES string of the molecule is Cc1cn(C)nc1-c1cnc2cc1O[C@@H](C)CCOc1c(cnn1C)-c1nccc(n1)N2. The number of pyridine rings is 1. The molecule has 0 saturated carbocycles. The summed E-state index contributed by atoms with van der Waals surface area (Å²) in [6, 6.07) is 3.66. The summed E-state index contributed by atoms with van der Waals surface area (Å²) in [7, 11) is 3.73. The third-order valence-corrected chi connectivity index (χ3v) is 5.26. The van der Waals surface area contributed by atoms with Gasteiger partial charge in [0.15, 0.2) is 5.82 Å². The van der Waals surface area contributed by atoms with E-state index in [0.717, 1.165) is 22.4 Å². The minimum atomic E-state index is -0.0956. The van der Waals surface area contributed by atoms with Crippen LogP contribution in [0.3, 0.4) is 0 Å². The molecule has 0 amide bonds. The van der Waals surface area contributed by atoms with Crippen LogP contribution in [-0.4, -0.2) is 47.2 Å². The second-order valence-electron chi connectivity index (χ2n) is 7.84. The number of fused-ring (bicyclic) bond motifs is 6. The summed E-state index contributed by atoms with van der Waals surface area (Å²) in [6.45, 7) is 4.50. The van der Waals surface area contributed by atoms with Gasteiger partial charge in [0.1, 0.15) is 28.6 Å². The van der Waals surface area contributed by atoms with Crippen LogP contribution >= 0.6 is 0 Å². The Morgan fingerprint density at radius 3 is 2.81 bits per heavy atom. The van der Waals surface area contributed by atoms with E-state index < -0.39 is 0 Å². The van der Waals surface area contributed by atoms with Crippen molar-refractivity contribution in [3.63, 3.8) is 0 Å². The van der Waals surface area contributed by atoms with Crippen molar-refractivity contribution in [1.29, 1.82) is 0 Å². The van der Waals surface area contributed by atoms with Crippen LogP contribution in [0.4, 0.5) is 11.6 Å². The number of rotatable bonds is 1. The predicted molar refractivity (Wildman–Crippen MR) is 119 cm³/mol. The summed E-state index contributed by atoms with van der Waals surface area (Å²) in [5.74, 6) is 3.07. The van der Waals surface area contributed by atoms with Crippen LogP contribution in [0, 0.1) is 6.92 Å². The molecule has 10 nitrogen and oxygen atoms in total. The van der Waals surface area contributed by atoms with Gasteiger partial charge in [0.2, 0.25) is 5.88 Å². The number of nitrogens with zero attached hydrogens (tertiary/aromatic N) is 7. The summed E-state index contributed by atoms with van der Waals surface area (Å²) in [6.07, 6.45) is 7.74. The van der Waals surface area contributed by atoms with Crippen molar-refractivity contribution in [2.24, 2.45) is 14.1 Å². The Labute approximate surface area is 185 Å². The van der Waals surface area contributed by atoms with Crippen molar-refractivity contribution in [3.8, 4) is 34.3 Å². The standard InChI is InChI=1S/C22H24N8O2/c1-13-12-29(3)28-20(13)15-10-24-19-9-17(15)32-14(2)6-8-31-22-16(11-25-30(22)4)21-23-7-5-18(26-19)27-21/h5,7,9-12,14H,6,8H2,1-4H3,(H,23,24,26,27)/t14-/m0/s1. The molecule has 0 aliphatic carbocycles. The topological polar surface area (TPSA) is 105 Å². The zero-order valence-electron chi connectivity index (χ0n) is 18.4. The molecule has 1 aliphatic heterocycles. The van der Waals surface area contributed by atoms with Gasteiger partial charge in [-0.15, -0.1) is 0 Å². The highest BCUT2D eigenvalue weighted by atomic mass is 16.5. The van der Waals surface area contributed by atoms with Gasteiger partial charge in [0.25, 0.3) is 0 Å². The lowest BCUT2D eigenvalue weighted by Crippen LogP contribution is -2.17. The smallest absolute Gasteiger partial charge is 0.222 e. The molecule has 164 valence electrons. The van der Waals surface area contributed by atoms with Crippen LogP contribution in [0.2, 0.25) is 0 Å². The molecule has 0 aromatic carbocycles. The maximum atomic E-state index is 6.34. The number of hydrogen-bond donors (Lipinski definition) is 1. The zero-order valence-corrected chi connectivity index (χ0v) is 18.4. The van der Waals surface area contributed by atoms with E-state index in [9.17, 15) is 0 Å². The Kier molecular flexibility index (Phi) is 4.96. The Balaban J connectivity index is 1.59. The molecule has 10 heteroatoms. The van der Waals surface area contributed by atoms with Gasteiger partial charge in [0, 0.05) is 45.2 Å². The monoisotopic (exact) mass is 432 g/mol. The van der Waals surface area contributed by atoms with Crippen molar-refractivity contribution in [3.05, 3.63) is 42.5 Å². The van der Waals surface area contributed by atoms with Gasteiger partial charge in [-0.2, -0.15) is 10.2 Å². The zero-order chi connectivity index (χ0) is 22.2. The third kappa shape index (κ3) is 3.75. The third-order valence-electron chi connectivity index (χ3n) is 5.26. The lowest BCUT2D eigenvalue weighted by Gasteiger charge is -2.19. The summed E-state index contributed by atoms with van der Waals surface area (Å²) >= 11 is 0. The first kappa shape index (κ1) is 20.0. The quantitative estimate of drug-likeness (QED) is 0.489. The van der Waals surface area contributed by atoms with Crippen molar-refractivity contribution in [2.45, 2.75) is 26.4 Å². The lowest BCUT2D eigenvalue weighted by molar-refractivity contribution is 0.173. The molecular weight excluding hydrogens is 408 g/mol. The second kappa shape index (κ2) is 7.95. The van der Waals surface area contributed by atoms with Gasteiger partial charge in [0.05, 0.1) is 24.5 Å². The first-order valence-electron chi connectivity index (χ1n) is 10.4. The molecule has 32 heavy (non-hydrogen) atoms. The fourth-order valence-electron chi connectivity index (χ4n) is 3.69. The van der Waals surface area contributed by atoms with Crippen molar-refractivity contribution < 1.29 is 9.47 Å². The predicted octanol–water partition coefficient (Wildman–Crippen LogP) is 3.27. The average Bonchev–Trinajstić information content (AvgIpc) is 3.29. The highest BCUT2D eigenvalue weighted by Crippen LogP contribution is 2.34. The highest BCUT2D eigenvalue weighted by Gasteiger charge is 2.20. The van der Waals surface area contributed by atoms with Crippen molar-refractivity contribution >= 4 is 11.6 Å². The van der Waals surface area contributed by atoms with Crippen LogP contribution in [-0.2, 0) is 14.1 Å². The lowest BCUT2D eigenvalue weighted by atomic mass is 10.1. The molecule has 1 atom stereocenters. The van der Waals surface area contributed by atoms with Crippen LogP contribution < -0.4 is 14.8 Å². The van der Waals surface area contributed by atoms with Crippen LogP contribution in [0.5, 0.6) is 11.6 Å². The molecule has 0 spiro atoms. The molecule has 4 aromatic rings. The number of anilines is 2. The van der Waals surface area contributed by atoms with Crippen LogP contribution in [0.15, 0.2) is 36.9 Å². The molecule has 0 saturated heterocycles. The Bertz CT molecular complexity index is 1280. The van der Waals surface area contributed by atoms with E-state index in [1.165, 1.54) is 0 Å². The second-order valence-corrected chi connectivity index (χ2v) is 7.84. The first-order valence-corrected chi connectivity index (χ1v) is 10.4. The fourth-order valence-corrected chi connectivity index (χ4v) is 3.69. The molecule has 1 N–H and O–H groups in total. The molecule has 4 aromatic heterocycles. The highest BCUT2D eigenvalue weighted by molar-refractivity contribution is 5.72. The molecule has 1 aliphatic rings. The van der Waals surface area contributed by atoms with E-state index in [4.69, 9.17) is 9.47 Å². The number of hydrogen-bond acceptors (Lipinski definition) is 8. The summed E-state index contributed by atoms with van der Waals surface area (Å²) in [4.78, 5) is 13.6. The van der Waals surface area contributed by atoms with Gasteiger partial charge < -0.3 is 14.8 Å². The Morgan fingerprint density at radius 2 is 2.00 bits per heavy atom. The molecule has 0 radical (unpaired) electrons. The average molecular weight is 432 g/mol. The van der Waals surface area contributed by atoms with Gasteiger partial charge >= 0.3 is 0 Å². The summed E-state index contributed by atoms with van der Waals surface area (Å²) < 4.78 is 15.9. The van der Waals surface area contributed by atoms with Gasteiger partial charge in [-0.05, 0) is 25.5 Å². The van der Waals surface area contributed by atoms with Gasteiger partial charge in [-0.1, -0.05) is 0 Å². The normalized spacial score (nSPS) is 15.7. The van der Waals surface area contributed by atoms with E-state index in [1.807, 2.05) is 40.2 Å².